The van der Waals surface area contributed by atoms with E-state index in [0.29, 0.717) is 12.0 Å². The molecule has 44 valence electrons. The summed E-state index contributed by atoms with van der Waals surface area (Å²) in [6.45, 7) is 4.21. The average molecular weight is 110 g/mol. The van der Waals surface area contributed by atoms with E-state index in [4.69, 9.17) is 0 Å². The summed E-state index contributed by atoms with van der Waals surface area (Å²) >= 11 is 0. The van der Waals surface area contributed by atoms with Gasteiger partial charge in [0.25, 0.3) is 0 Å². The van der Waals surface area contributed by atoms with Crippen molar-refractivity contribution >= 4 is 12.6 Å². The fraction of sp³-hybridized carbons (Fsp3) is 0.667. The SMILES string of the molecule is CC1C=NC=N[C@H]1C. The summed E-state index contributed by atoms with van der Waals surface area (Å²) in [5, 5.41) is 0. The van der Waals surface area contributed by atoms with Gasteiger partial charge in [0, 0.05) is 12.1 Å². The Morgan fingerprint density at radius 3 is 2.50 bits per heavy atom. The maximum absolute atomic E-state index is 4.09. The van der Waals surface area contributed by atoms with E-state index in [2.05, 4.69) is 23.8 Å². The van der Waals surface area contributed by atoms with Crippen LogP contribution in [-0.2, 0) is 0 Å². The van der Waals surface area contributed by atoms with Crippen LogP contribution in [0, 0.1) is 5.92 Å². The van der Waals surface area contributed by atoms with Crippen LogP contribution in [0.1, 0.15) is 13.8 Å². The second-order valence-corrected chi connectivity index (χ2v) is 2.16. The molecule has 8 heavy (non-hydrogen) atoms. The highest BCUT2D eigenvalue weighted by molar-refractivity contribution is 5.76. The van der Waals surface area contributed by atoms with Gasteiger partial charge in [0.2, 0.25) is 0 Å². The molecule has 0 aliphatic carbocycles. The lowest BCUT2D eigenvalue weighted by Gasteiger charge is -2.12. The molecule has 0 spiro atoms. The van der Waals surface area contributed by atoms with Gasteiger partial charge in [0.05, 0.1) is 6.04 Å². The summed E-state index contributed by atoms with van der Waals surface area (Å²) in [5.41, 5.74) is 0. The fourth-order valence-electron chi connectivity index (χ4n) is 0.578. The van der Waals surface area contributed by atoms with E-state index in [0.717, 1.165) is 0 Å². The van der Waals surface area contributed by atoms with Gasteiger partial charge < -0.3 is 0 Å². The lowest BCUT2D eigenvalue weighted by atomic mass is 10.1. The Morgan fingerprint density at radius 2 is 2.12 bits per heavy atom. The van der Waals surface area contributed by atoms with Crippen molar-refractivity contribution in [3.8, 4) is 0 Å². The average Bonchev–Trinajstić information content (AvgIpc) is 1.77. The summed E-state index contributed by atoms with van der Waals surface area (Å²) in [6, 6.07) is 0.424. The van der Waals surface area contributed by atoms with Gasteiger partial charge in [0.15, 0.2) is 0 Å². The zero-order chi connectivity index (χ0) is 5.98. The van der Waals surface area contributed by atoms with Crippen LogP contribution in [0.5, 0.6) is 0 Å². The minimum Gasteiger partial charge on any atom is -0.270 e. The highest BCUT2D eigenvalue weighted by Gasteiger charge is 2.08. The molecule has 0 aromatic carbocycles. The van der Waals surface area contributed by atoms with Crippen LogP contribution in [-0.4, -0.2) is 18.6 Å². The third-order valence-corrected chi connectivity index (χ3v) is 1.45. The molecule has 0 aromatic heterocycles. The van der Waals surface area contributed by atoms with E-state index in [1.165, 1.54) is 0 Å². The molecular weight excluding hydrogens is 100 g/mol. The predicted molar refractivity (Wildman–Crippen MR) is 35.6 cm³/mol. The van der Waals surface area contributed by atoms with Crippen LogP contribution >= 0.6 is 0 Å². The van der Waals surface area contributed by atoms with Crippen LogP contribution in [0.3, 0.4) is 0 Å². The molecule has 0 saturated heterocycles. The summed E-state index contributed by atoms with van der Waals surface area (Å²) in [7, 11) is 0. The van der Waals surface area contributed by atoms with Crippen LogP contribution in [0.4, 0.5) is 0 Å². The molecule has 0 fully saturated rings. The molecule has 0 N–H and O–H groups in total. The minimum absolute atomic E-state index is 0.424. The van der Waals surface area contributed by atoms with Crippen LogP contribution in [0.2, 0.25) is 0 Å². The van der Waals surface area contributed by atoms with E-state index in [1.54, 1.807) is 6.34 Å². The minimum atomic E-state index is 0.424. The van der Waals surface area contributed by atoms with Crippen molar-refractivity contribution in [2.75, 3.05) is 0 Å². The standard InChI is InChI=1S/C6H10N2/c1-5-3-7-4-8-6(5)2/h3-6H,1-2H3/t5?,6-/m0/s1. The lowest BCUT2D eigenvalue weighted by Crippen LogP contribution is -2.15. The lowest BCUT2D eigenvalue weighted by molar-refractivity contribution is 0.620. The first-order valence-electron chi connectivity index (χ1n) is 2.85. The third kappa shape index (κ3) is 0.941. The second kappa shape index (κ2) is 2.07. The normalized spacial score (nSPS) is 35.8. The van der Waals surface area contributed by atoms with Crippen LogP contribution < -0.4 is 0 Å². The Balaban J connectivity index is 2.59. The largest absolute Gasteiger partial charge is 0.270 e. The molecule has 2 nitrogen and oxygen atoms in total. The molecule has 1 rings (SSSR count). The van der Waals surface area contributed by atoms with Crippen molar-refractivity contribution in [2.24, 2.45) is 15.9 Å². The Bertz CT molecular complexity index is 110. The van der Waals surface area contributed by atoms with E-state index >= 15 is 0 Å². The molecule has 0 amide bonds. The molecule has 1 unspecified atom stereocenters. The molecule has 0 aromatic rings. The quantitative estimate of drug-likeness (QED) is 0.446. The monoisotopic (exact) mass is 110 g/mol. The number of rotatable bonds is 0. The molecular formula is C6H10N2. The van der Waals surface area contributed by atoms with Crippen molar-refractivity contribution in [3.05, 3.63) is 0 Å². The van der Waals surface area contributed by atoms with Gasteiger partial charge in [-0.3, -0.25) is 4.99 Å². The van der Waals surface area contributed by atoms with Gasteiger partial charge in [0.1, 0.15) is 6.34 Å². The summed E-state index contributed by atoms with van der Waals surface area (Å²) < 4.78 is 0. The summed E-state index contributed by atoms with van der Waals surface area (Å²) in [6.07, 6.45) is 3.54. The molecule has 2 atom stereocenters. The van der Waals surface area contributed by atoms with Crippen molar-refractivity contribution in [2.45, 2.75) is 19.9 Å². The van der Waals surface area contributed by atoms with E-state index in [9.17, 15) is 0 Å². The van der Waals surface area contributed by atoms with Gasteiger partial charge in [-0.2, -0.15) is 0 Å². The predicted octanol–water partition coefficient (Wildman–Crippen LogP) is 1.12. The van der Waals surface area contributed by atoms with Gasteiger partial charge in [-0.05, 0) is 6.92 Å². The van der Waals surface area contributed by atoms with E-state index < -0.39 is 0 Å². The Morgan fingerprint density at radius 1 is 1.38 bits per heavy atom. The zero-order valence-electron chi connectivity index (χ0n) is 5.20. The molecule has 2 heteroatoms. The van der Waals surface area contributed by atoms with Crippen molar-refractivity contribution in [1.82, 2.24) is 0 Å². The zero-order valence-corrected chi connectivity index (χ0v) is 5.20. The molecule has 0 bridgehead atoms. The Kier molecular flexibility index (Phi) is 1.42. The molecule has 0 saturated carbocycles. The Hall–Kier alpha value is -0.660. The first-order chi connectivity index (χ1) is 3.80. The maximum atomic E-state index is 4.09. The topological polar surface area (TPSA) is 24.7 Å². The number of aliphatic imine (C=N–C) groups is 2. The third-order valence-electron chi connectivity index (χ3n) is 1.45. The van der Waals surface area contributed by atoms with Crippen LogP contribution in [0.25, 0.3) is 0 Å². The first-order valence-corrected chi connectivity index (χ1v) is 2.85. The van der Waals surface area contributed by atoms with E-state index in [1.807, 2.05) is 6.21 Å². The van der Waals surface area contributed by atoms with Gasteiger partial charge in [-0.15, -0.1) is 0 Å². The summed E-state index contributed by atoms with van der Waals surface area (Å²) in [5.74, 6) is 0.514. The molecule has 1 aliphatic rings. The molecule has 1 heterocycles. The summed E-state index contributed by atoms with van der Waals surface area (Å²) in [4.78, 5) is 7.98. The van der Waals surface area contributed by atoms with E-state index in [-0.39, 0.29) is 0 Å². The van der Waals surface area contributed by atoms with Gasteiger partial charge in [-0.25, -0.2) is 4.99 Å². The Labute approximate surface area is 49.3 Å². The van der Waals surface area contributed by atoms with Gasteiger partial charge in [-0.1, -0.05) is 6.92 Å². The van der Waals surface area contributed by atoms with Crippen molar-refractivity contribution < 1.29 is 0 Å². The molecule has 0 radical (unpaired) electrons. The fourth-order valence-corrected chi connectivity index (χ4v) is 0.578. The molecule has 1 aliphatic heterocycles. The highest BCUT2D eigenvalue weighted by atomic mass is 14.9. The number of hydrogen-bond acceptors (Lipinski definition) is 2. The maximum Gasteiger partial charge on any atom is 0.109 e. The van der Waals surface area contributed by atoms with Gasteiger partial charge >= 0.3 is 0 Å². The second-order valence-electron chi connectivity index (χ2n) is 2.16. The highest BCUT2D eigenvalue weighted by Crippen LogP contribution is 2.05. The first kappa shape index (κ1) is 5.48. The van der Waals surface area contributed by atoms with Crippen molar-refractivity contribution in [3.63, 3.8) is 0 Å². The van der Waals surface area contributed by atoms with Crippen LogP contribution in [0.15, 0.2) is 9.98 Å². The smallest absolute Gasteiger partial charge is 0.109 e. The van der Waals surface area contributed by atoms with Crippen molar-refractivity contribution in [1.29, 1.82) is 0 Å². The number of hydrogen-bond donors (Lipinski definition) is 0. The number of nitrogens with zero attached hydrogens (tertiary/aromatic N) is 2.